The summed E-state index contributed by atoms with van der Waals surface area (Å²) in [5.41, 5.74) is 9.08. The first-order valence-corrected chi connectivity index (χ1v) is 13.4. The minimum Gasteiger partial charge on any atom is -0.508 e. The Morgan fingerprint density at radius 1 is 0.462 bits per heavy atom. The largest absolute Gasteiger partial charge is 0.508 e. The third kappa shape index (κ3) is 8.24. The number of aromatic hydroxyl groups is 3. The molecular formula is C36H36O3. The first-order valence-electron chi connectivity index (χ1n) is 13.4. The van der Waals surface area contributed by atoms with E-state index in [0.717, 1.165) is 47.9 Å². The van der Waals surface area contributed by atoms with E-state index in [1.165, 1.54) is 22.3 Å². The Morgan fingerprint density at radius 2 is 1.00 bits per heavy atom. The standard InChI is InChI=1S/C21H20O2.C15H16O/c1-15-6-7-18(14-21(15)23)12-16-8-10-17(11-9-16)13-19-4-2-3-5-20(19)22;1-2-12-6-8-13(9-7-12)10-14-4-3-5-15(16)11-14/h2-11,14,22-23H,12-13H2,1H3;3-9,11,16H,2,10H2,1H3. The number of hydrogen-bond acceptors (Lipinski definition) is 3. The monoisotopic (exact) mass is 516 g/mol. The fourth-order valence-electron chi connectivity index (χ4n) is 4.45. The number of benzene rings is 5. The van der Waals surface area contributed by atoms with Gasteiger partial charge in [0.1, 0.15) is 17.2 Å². The first kappa shape index (κ1) is 27.5. The Labute approximate surface area is 231 Å². The van der Waals surface area contributed by atoms with Crippen molar-refractivity contribution in [1.82, 2.24) is 0 Å². The Hall–Kier alpha value is -4.50. The zero-order valence-electron chi connectivity index (χ0n) is 22.6. The topological polar surface area (TPSA) is 60.7 Å². The number of hydrogen-bond donors (Lipinski definition) is 3. The summed E-state index contributed by atoms with van der Waals surface area (Å²) >= 11 is 0. The van der Waals surface area contributed by atoms with Gasteiger partial charge in [-0.3, -0.25) is 0 Å². The molecule has 0 unspecified atom stereocenters. The minimum atomic E-state index is 0.336. The van der Waals surface area contributed by atoms with Crippen molar-refractivity contribution in [2.75, 3.05) is 0 Å². The van der Waals surface area contributed by atoms with Gasteiger partial charge >= 0.3 is 0 Å². The maximum atomic E-state index is 9.85. The molecule has 198 valence electrons. The number of phenols is 3. The fourth-order valence-corrected chi connectivity index (χ4v) is 4.45. The Kier molecular flexibility index (Phi) is 9.42. The summed E-state index contributed by atoms with van der Waals surface area (Å²) in [4.78, 5) is 0. The summed E-state index contributed by atoms with van der Waals surface area (Å²) in [6, 6.07) is 37.7. The molecule has 0 atom stereocenters. The van der Waals surface area contributed by atoms with Crippen LogP contribution in [-0.4, -0.2) is 15.3 Å². The molecular weight excluding hydrogens is 480 g/mol. The molecule has 3 nitrogen and oxygen atoms in total. The number of aryl methyl sites for hydroxylation is 2. The first-order chi connectivity index (χ1) is 18.9. The fraction of sp³-hybridized carbons (Fsp3) is 0.167. The van der Waals surface area contributed by atoms with Crippen LogP contribution in [0.4, 0.5) is 0 Å². The lowest BCUT2D eigenvalue weighted by atomic mass is 9.99. The molecule has 0 radical (unpaired) electrons. The van der Waals surface area contributed by atoms with Crippen molar-refractivity contribution in [2.24, 2.45) is 0 Å². The molecule has 5 aromatic carbocycles. The molecule has 5 rings (SSSR count). The van der Waals surface area contributed by atoms with Crippen LogP contribution in [0.3, 0.4) is 0 Å². The van der Waals surface area contributed by atoms with E-state index in [4.69, 9.17) is 0 Å². The van der Waals surface area contributed by atoms with Gasteiger partial charge in [0.25, 0.3) is 0 Å². The summed E-state index contributed by atoms with van der Waals surface area (Å²) in [5.74, 6) is 1.02. The van der Waals surface area contributed by atoms with Crippen molar-refractivity contribution in [3.05, 3.63) is 160 Å². The van der Waals surface area contributed by atoms with Crippen LogP contribution < -0.4 is 0 Å². The maximum absolute atomic E-state index is 9.85. The lowest BCUT2D eigenvalue weighted by Crippen LogP contribution is -1.92. The molecule has 5 aromatic rings. The second-order valence-corrected chi connectivity index (χ2v) is 9.94. The van der Waals surface area contributed by atoms with E-state index >= 15 is 0 Å². The molecule has 0 saturated carbocycles. The van der Waals surface area contributed by atoms with Crippen molar-refractivity contribution in [3.63, 3.8) is 0 Å². The number of para-hydroxylation sites is 1. The minimum absolute atomic E-state index is 0.336. The molecule has 0 saturated heterocycles. The molecule has 0 aliphatic heterocycles. The molecule has 0 aromatic heterocycles. The highest BCUT2D eigenvalue weighted by Crippen LogP contribution is 2.22. The van der Waals surface area contributed by atoms with Gasteiger partial charge in [0, 0.05) is 6.42 Å². The molecule has 0 amide bonds. The Morgan fingerprint density at radius 3 is 1.56 bits per heavy atom. The van der Waals surface area contributed by atoms with Gasteiger partial charge in [-0.15, -0.1) is 0 Å². The van der Waals surface area contributed by atoms with Gasteiger partial charge in [-0.25, -0.2) is 0 Å². The second kappa shape index (κ2) is 13.3. The average molecular weight is 517 g/mol. The van der Waals surface area contributed by atoms with Crippen LogP contribution in [0.1, 0.15) is 51.4 Å². The van der Waals surface area contributed by atoms with Gasteiger partial charge in [0.05, 0.1) is 0 Å². The van der Waals surface area contributed by atoms with Crippen molar-refractivity contribution in [1.29, 1.82) is 0 Å². The SMILES string of the molecule is CCc1ccc(Cc2cccc(O)c2)cc1.Cc1ccc(Cc2ccc(Cc3ccccc3O)cc2)cc1O. The average Bonchev–Trinajstić information content (AvgIpc) is 2.94. The van der Waals surface area contributed by atoms with Crippen LogP contribution in [0, 0.1) is 6.92 Å². The van der Waals surface area contributed by atoms with Crippen molar-refractivity contribution < 1.29 is 15.3 Å². The van der Waals surface area contributed by atoms with Gasteiger partial charge in [-0.1, -0.05) is 97.9 Å². The van der Waals surface area contributed by atoms with Gasteiger partial charge in [-0.05, 0) is 95.0 Å². The van der Waals surface area contributed by atoms with Crippen LogP contribution in [0.2, 0.25) is 0 Å². The van der Waals surface area contributed by atoms with Gasteiger partial charge < -0.3 is 15.3 Å². The van der Waals surface area contributed by atoms with E-state index in [1.54, 1.807) is 12.1 Å². The molecule has 39 heavy (non-hydrogen) atoms. The Bertz CT molecular complexity index is 1490. The highest BCUT2D eigenvalue weighted by molar-refractivity contribution is 5.40. The summed E-state index contributed by atoms with van der Waals surface area (Å²) in [5, 5.41) is 29.0. The molecule has 0 bridgehead atoms. The van der Waals surface area contributed by atoms with Crippen LogP contribution in [-0.2, 0) is 25.7 Å². The lowest BCUT2D eigenvalue weighted by Gasteiger charge is -2.07. The molecule has 0 aliphatic carbocycles. The summed E-state index contributed by atoms with van der Waals surface area (Å²) < 4.78 is 0. The van der Waals surface area contributed by atoms with Crippen molar-refractivity contribution in [2.45, 2.75) is 39.5 Å². The molecule has 0 aliphatic rings. The molecule has 3 heteroatoms. The van der Waals surface area contributed by atoms with Gasteiger partial charge in [0.2, 0.25) is 0 Å². The normalized spacial score (nSPS) is 10.5. The predicted molar refractivity (Wildman–Crippen MR) is 160 cm³/mol. The van der Waals surface area contributed by atoms with E-state index in [-0.39, 0.29) is 0 Å². The van der Waals surface area contributed by atoms with Crippen molar-refractivity contribution >= 4 is 0 Å². The quantitative estimate of drug-likeness (QED) is 0.205. The smallest absolute Gasteiger partial charge is 0.119 e. The van der Waals surface area contributed by atoms with Crippen LogP contribution in [0.5, 0.6) is 17.2 Å². The summed E-state index contributed by atoms with van der Waals surface area (Å²) in [6.45, 7) is 4.05. The van der Waals surface area contributed by atoms with Crippen LogP contribution in [0.15, 0.2) is 115 Å². The molecule has 0 heterocycles. The summed E-state index contributed by atoms with van der Waals surface area (Å²) in [6.07, 6.45) is 3.47. The molecule has 0 fully saturated rings. The van der Waals surface area contributed by atoms with Crippen LogP contribution >= 0.6 is 0 Å². The zero-order valence-corrected chi connectivity index (χ0v) is 22.6. The van der Waals surface area contributed by atoms with Gasteiger partial charge in [0.15, 0.2) is 0 Å². The van der Waals surface area contributed by atoms with Crippen molar-refractivity contribution in [3.8, 4) is 17.2 Å². The highest BCUT2D eigenvalue weighted by Gasteiger charge is 2.04. The Balaban J connectivity index is 0.000000193. The number of rotatable bonds is 7. The second-order valence-electron chi connectivity index (χ2n) is 9.94. The molecule has 0 spiro atoms. The third-order valence-electron chi connectivity index (χ3n) is 6.84. The van der Waals surface area contributed by atoms with Gasteiger partial charge in [-0.2, -0.15) is 0 Å². The third-order valence-corrected chi connectivity index (χ3v) is 6.84. The van der Waals surface area contributed by atoms with Crippen LogP contribution in [0.25, 0.3) is 0 Å². The molecule has 3 N–H and O–H groups in total. The van der Waals surface area contributed by atoms with E-state index in [0.29, 0.717) is 17.2 Å². The van der Waals surface area contributed by atoms with E-state index in [1.807, 2.05) is 61.5 Å². The van der Waals surface area contributed by atoms with E-state index in [2.05, 4.69) is 55.5 Å². The number of phenolic OH excluding ortho intramolecular Hbond substituents is 3. The predicted octanol–water partition coefficient (Wildman–Crippen LogP) is 8.13. The van der Waals surface area contributed by atoms with E-state index < -0.39 is 0 Å². The zero-order chi connectivity index (χ0) is 27.6. The maximum Gasteiger partial charge on any atom is 0.119 e. The lowest BCUT2D eigenvalue weighted by molar-refractivity contribution is 0.469. The highest BCUT2D eigenvalue weighted by atomic mass is 16.3. The van der Waals surface area contributed by atoms with E-state index in [9.17, 15) is 15.3 Å². The summed E-state index contributed by atoms with van der Waals surface area (Å²) in [7, 11) is 0.